The lowest BCUT2D eigenvalue weighted by Gasteiger charge is -2.01. The van der Waals surface area contributed by atoms with E-state index in [4.69, 9.17) is 4.74 Å². The van der Waals surface area contributed by atoms with Crippen LogP contribution in [0, 0.1) is 6.92 Å². The van der Waals surface area contributed by atoms with E-state index < -0.39 is 0 Å². The lowest BCUT2D eigenvalue weighted by atomic mass is 10.1. The first-order valence-electron chi connectivity index (χ1n) is 6.31. The standard InChI is InChI=1S/C16H14N2O2/c1-11-7-8-18-14(10-19)16(17-15(18)9-11)12-3-5-13(20-2)6-4-12/h3-10H,1-2H3. The highest BCUT2D eigenvalue weighted by atomic mass is 16.5. The van der Waals surface area contributed by atoms with Crippen molar-refractivity contribution in [1.29, 1.82) is 0 Å². The van der Waals surface area contributed by atoms with Gasteiger partial charge in [0.25, 0.3) is 0 Å². The van der Waals surface area contributed by atoms with Crippen LogP contribution in [0.3, 0.4) is 0 Å². The van der Waals surface area contributed by atoms with Gasteiger partial charge in [0.1, 0.15) is 22.8 Å². The number of nitrogens with zero attached hydrogens (tertiary/aromatic N) is 2. The zero-order chi connectivity index (χ0) is 14.1. The number of fused-ring (bicyclic) bond motifs is 1. The smallest absolute Gasteiger partial charge is 0.169 e. The molecule has 0 atom stereocenters. The Balaban J connectivity index is 2.21. The van der Waals surface area contributed by atoms with Crippen LogP contribution in [0.1, 0.15) is 16.1 Å². The summed E-state index contributed by atoms with van der Waals surface area (Å²) in [5.41, 5.74) is 4.03. The van der Waals surface area contributed by atoms with E-state index in [1.165, 1.54) is 0 Å². The maximum Gasteiger partial charge on any atom is 0.169 e. The van der Waals surface area contributed by atoms with Crippen molar-refractivity contribution in [1.82, 2.24) is 9.38 Å². The maximum absolute atomic E-state index is 11.4. The zero-order valence-electron chi connectivity index (χ0n) is 11.3. The third kappa shape index (κ3) is 1.95. The third-order valence-electron chi connectivity index (χ3n) is 3.29. The number of hydrogen-bond acceptors (Lipinski definition) is 3. The van der Waals surface area contributed by atoms with E-state index in [1.807, 2.05) is 49.5 Å². The summed E-state index contributed by atoms with van der Waals surface area (Å²) in [6, 6.07) is 11.4. The molecule has 3 rings (SSSR count). The third-order valence-corrected chi connectivity index (χ3v) is 3.29. The average Bonchev–Trinajstić information content (AvgIpc) is 2.84. The van der Waals surface area contributed by atoms with E-state index in [1.54, 1.807) is 11.5 Å². The van der Waals surface area contributed by atoms with Crippen molar-refractivity contribution in [2.75, 3.05) is 7.11 Å². The van der Waals surface area contributed by atoms with E-state index in [-0.39, 0.29) is 0 Å². The number of aryl methyl sites for hydroxylation is 1. The molecule has 0 aliphatic carbocycles. The summed E-state index contributed by atoms with van der Waals surface area (Å²) in [6.45, 7) is 2.00. The van der Waals surface area contributed by atoms with Gasteiger partial charge in [-0.15, -0.1) is 0 Å². The fourth-order valence-corrected chi connectivity index (χ4v) is 2.24. The molecule has 4 nitrogen and oxygen atoms in total. The Morgan fingerprint density at radius 1 is 1.20 bits per heavy atom. The lowest BCUT2D eigenvalue weighted by Crippen LogP contribution is -1.92. The highest BCUT2D eigenvalue weighted by molar-refractivity contribution is 5.86. The minimum Gasteiger partial charge on any atom is -0.497 e. The molecule has 2 aromatic heterocycles. The van der Waals surface area contributed by atoms with Gasteiger partial charge in [0, 0.05) is 11.8 Å². The first kappa shape index (κ1) is 12.4. The number of imidazole rings is 1. The largest absolute Gasteiger partial charge is 0.497 e. The van der Waals surface area contributed by atoms with Crippen molar-refractivity contribution in [3.63, 3.8) is 0 Å². The summed E-state index contributed by atoms with van der Waals surface area (Å²) in [4.78, 5) is 16.0. The first-order valence-corrected chi connectivity index (χ1v) is 6.31. The van der Waals surface area contributed by atoms with Crippen LogP contribution < -0.4 is 4.74 Å². The van der Waals surface area contributed by atoms with Crippen LogP contribution in [0.2, 0.25) is 0 Å². The van der Waals surface area contributed by atoms with Crippen molar-refractivity contribution >= 4 is 11.9 Å². The van der Waals surface area contributed by atoms with Crippen LogP contribution in [0.5, 0.6) is 5.75 Å². The molecular weight excluding hydrogens is 252 g/mol. The highest BCUT2D eigenvalue weighted by Gasteiger charge is 2.13. The van der Waals surface area contributed by atoms with Gasteiger partial charge in [-0.2, -0.15) is 0 Å². The monoisotopic (exact) mass is 266 g/mol. The second kappa shape index (κ2) is 4.81. The molecule has 0 bridgehead atoms. The molecule has 0 N–H and O–H groups in total. The predicted molar refractivity (Wildman–Crippen MR) is 77.3 cm³/mol. The number of methoxy groups -OCH3 is 1. The zero-order valence-corrected chi connectivity index (χ0v) is 11.3. The number of carbonyl (C=O) groups excluding carboxylic acids is 1. The van der Waals surface area contributed by atoms with Crippen molar-refractivity contribution in [2.24, 2.45) is 0 Å². The molecule has 0 saturated heterocycles. The van der Waals surface area contributed by atoms with Gasteiger partial charge in [0.2, 0.25) is 0 Å². The van der Waals surface area contributed by atoms with E-state index >= 15 is 0 Å². The second-order valence-corrected chi connectivity index (χ2v) is 4.62. The number of benzene rings is 1. The van der Waals surface area contributed by atoms with E-state index in [9.17, 15) is 4.79 Å². The van der Waals surface area contributed by atoms with Crippen LogP contribution in [0.4, 0.5) is 0 Å². The van der Waals surface area contributed by atoms with E-state index in [0.717, 1.165) is 28.8 Å². The number of aldehydes is 1. The van der Waals surface area contributed by atoms with Crippen LogP contribution in [0.25, 0.3) is 16.9 Å². The Morgan fingerprint density at radius 2 is 1.95 bits per heavy atom. The molecule has 100 valence electrons. The minimum absolute atomic E-state index is 0.560. The fourth-order valence-electron chi connectivity index (χ4n) is 2.24. The van der Waals surface area contributed by atoms with Crippen LogP contribution in [0.15, 0.2) is 42.6 Å². The molecule has 0 aliphatic rings. The Morgan fingerprint density at radius 3 is 2.60 bits per heavy atom. The SMILES string of the molecule is COc1ccc(-c2nc3cc(C)ccn3c2C=O)cc1. The quantitative estimate of drug-likeness (QED) is 0.684. The number of aromatic nitrogens is 2. The average molecular weight is 266 g/mol. The Bertz CT molecular complexity index is 773. The number of ether oxygens (including phenoxy) is 1. The summed E-state index contributed by atoms with van der Waals surface area (Å²) in [5.74, 6) is 0.779. The molecule has 0 radical (unpaired) electrons. The molecule has 0 spiro atoms. The van der Waals surface area contributed by atoms with Gasteiger partial charge in [0.05, 0.1) is 7.11 Å². The number of carbonyl (C=O) groups is 1. The predicted octanol–water partition coefficient (Wildman–Crippen LogP) is 3.13. The van der Waals surface area contributed by atoms with Gasteiger partial charge < -0.3 is 4.74 Å². The Kier molecular flexibility index (Phi) is 2.99. The molecule has 4 heteroatoms. The minimum atomic E-state index is 0.560. The first-order chi connectivity index (χ1) is 9.72. The topological polar surface area (TPSA) is 43.6 Å². The Labute approximate surface area is 116 Å². The summed E-state index contributed by atoms with van der Waals surface area (Å²) in [6.07, 6.45) is 2.71. The summed E-state index contributed by atoms with van der Waals surface area (Å²) in [7, 11) is 1.62. The fraction of sp³-hybridized carbons (Fsp3) is 0.125. The van der Waals surface area contributed by atoms with Gasteiger partial charge >= 0.3 is 0 Å². The molecule has 20 heavy (non-hydrogen) atoms. The van der Waals surface area contributed by atoms with Crippen molar-refractivity contribution in [3.8, 4) is 17.0 Å². The normalized spacial score (nSPS) is 10.7. The molecule has 0 amide bonds. The molecule has 0 fully saturated rings. The van der Waals surface area contributed by atoms with Gasteiger partial charge in [-0.25, -0.2) is 4.98 Å². The molecule has 2 heterocycles. The molecule has 0 aliphatic heterocycles. The van der Waals surface area contributed by atoms with Crippen LogP contribution in [-0.4, -0.2) is 22.8 Å². The summed E-state index contributed by atoms with van der Waals surface area (Å²) < 4.78 is 6.95. The van der Waals surface area contributed by atoms with Gasteiger partial charge in [0.15, 0.2) is 6.29 Å². The molecule has 1 aromatic carbocycles. The Hall–Kier alpha value is -2.62. The number of rotatable bonds is 3. The van der Waals surface area contributed by atoms with E-state index in [2.05, 4.69) is 4.98 Å². The van der Waals surface area contributed by atoms with Gasteiger partial charge in [-0.3, -0.25) is 9.20 Å². The van der Waals surface area contributed by atoms with E-state index in [0.29, 0.717) is 11.4 Å². The van der Waals surface area contributed by atoms with Crippen LogP contribution >= 0.6 is 0 Å². The summed E-state index contributed by atoms with van der Waals surface area (Å²) >= 11 is 0. The van der Waals surface area contributed by atoms with Gasteiger partial charge in [-0.1, -0.05) is 0 Å². The van der Waals surface area contributed by atoms with Crippen molar-refractivity contribution in [3.05, 3.63) is 53.9 Å². The summed E-state index contributed by atoms with van der Waals surface area (Å²) in [5, 5.41) is 0. The highest BCUT2D eigenvalue weighted by Crippen LogP contribution is 2.25. The maximum atomic E-state index is 11.4. The number of pyridine rings is 1. The van der Waals surface area contributed by atoms with Gasteiger partial charge in [-0.05, 0) is 48.9 Å². The molecule has 3 aromatic rings. The molecule has 0 saturated carbocycles. The lowest BCUT2D eigenvalue weighted by molar-refractivity contribution is 0.111. The van der Waals surface area contributed by atoms with Crippen molar-refractivity contribution in [2.45, 2.75) is 6.92 Å². The van der Waals surface area contributed by atoms with Crippen molar-refractivity contribution < 1.29 is 9.53 Å². The molecule has 0 unspecified atom stereocenters. The second-order valence-electron chi connectivity index (χ2n) is 4.62. The number of hydrogen-bond donors (Lipinski definition) is 0. The molecular formula is C16H14N2O2. The van der Waals surface area contributed by atoms with Crippen LogP contribution in [-0.2, 0) is 0 Å².